The fourth-order valence-electron chi connectivity index (χ4n) is 4.79. The predicted octanol–water partition coefficient (Wildman–Crippen LogP) is 4.08. The number of carbonyl (C=O) groups is 1. The van der Waals surface area contributed by atoms with Crippen LogP contribution in [0.1, 0.15) is 22.5 Å². The third kappa shape index (κ3) is 6.16. The molecule has 1 amide bonds. The lowest BCUT2D eigenvalue weighted by atomic mass is 9.98. The normalized spacial score (nSPS) is 11.6. The molecule has 4 aromatic rings. The number of halogens is 2. The number of rotatable bonds is 9. The van der Waals surface area contributed by atoms with Crippen molar-refractivity contribution in [2.45, 2.75) is 6.42 Å². The first-order chi connectivity index (χ1) is 19.9. The van der Waals surface area contributed by atoms with Gasteiger partial charge in [0, 0.05) is 59.6 Å². The topological polar surface area (TPSA) is 94.2 Å². The molecule has 2 heterocycles. The maximum Gasteiger partial charge on any atom is 0.251 e. The number of anilines is 4. The molecule has 210 valence electrons. The van der Waals surface area contributed by atoms with Crippen molar-refractivity contribution >= 4 is 52.8 Å². The first-order valence-electron chi connectivity index (χ1n) is 13.3. The van der Waals surface area contributed by atoms with Gasteiger partial charge in [0.25, 0.3) is 5.91 Å². The van der Waals surface area contributed by atoms with E-state index in [4.69, 9.17) is 16.6 Å². The van der Waals surface area contributed by atoms with E-state index in [0.717, 1.165) is 41.3 Å². The SMILES string of the molecule is CNCCCN(C)c1cccc(F)c1-c1cc(Cl)cc2c1=CNc1cnc(Nc3ccc(C(=O)NC)cc3)nc1C=2. The average Bonchev–Trinajstić information content (AvgIpc) is 3.15. The number of aromatic nitrogens is 2. The lowest BCUT2D eigenvalue weighted by molar-refractivity contribution is 0.0963. The van der Waals surface area contributed by atoms with Crippen molar-refractivity contribution < 1.29 is 9.18 Å². The number of fused-ring (bicyclic) bond motifs is 2. The van der Waals surface area contributed by atoms with Gasteiger partial charge < -0.3 is 26.2 Å². The first kappa shape index (κ1) is 28.1. The smallest absolute Gasteiger partial charge is 0.251 e. The zero-order chi connectivity index (χ0) is 28.9. The van der Waals surface area contributed by atoms with Gasteiger partial charge in [-0.15, -0.1) is 0 Å². The van der Waals surface area contributed by atoms with Crippen LogP contribution in [0.3, 0.4) is 0 Å². The van der Waals surface area contributed by atoms with Gasteiger partial charge in [-0.25, -0.2) is 14.4 Å². The summed E-state index contributed by atoms with van der Waals surface area (Å²) in [6.07, 6.45) is 6.36. The molecule has 5 rings (SSSR count). The molecule has 41 heavy (non-hydrogen) atoms. The molecule has 1 aromatic heterocycles. The lowest BCUT2D eigenvalue weighted by Gasteiger charge is -2.23. The van der Waals surface area contributed by atoms with Crippen LogP contribution in [-0.4, -0.2) is 50.1 Å². The maximum absolute atomic E-state index is 15.5. The van der Waals surface area contributed by atoms with Crippen molar-refractivity contribution in [3.05, 3.63) is 93.3 Å². The fourth-order valence-corrected chi connectivity index (χ4v) is 5.02. The van der Waals surface area contributed by atoms with Crippen molar-refractivity contribution in [2.24, 2.45) is 0 Å². The van der Waals surface area contributed by atoms with Crippen molar-refractivity contribution in [2.75, 3.05) is 49.8 Å². The Balaban J connectivity index is 1.53. The minimum atomic E-state index is -0.323. The van der Waals surface area contributed by atoms with Crippen molar-refractivity contribution in [3.63, 3.8) is 0 Å². The van der Waals surface area contributed by atoms with E-state index in [1.807, 2.05) is 38.5 Å². The molecule has 0 bridgehead atoms. The zero-order valence-corrected chi connectivity index (χ0v) is 23.8. The lowest BCUT2D eigenvalue weighted by Crippen LogP contribution is -2.29. The van der Waals surface area contributed by atoms with Gasteiger partial charge in [-0.1, -0.05) is 17.7 Å². The van der Waals surface area contributed by atoms with Crippen LogP contribution in [-0.2, 0) is 0 Å². The Kier molecular flexibility index (Phi) is 8.47. The fraction of sp³-hybridized carbons (Fsp3) is 0.194. The van der Waals surface area contributed by atoms with E-state index in [0.29, 0.717) is 39.0 Å². The Bertz CT molecular complexity index is 1710. The Labute approximate surface area is 243 Å². The van der Waals surface area contributed by atoms with Crippen LogP contribution >= 0.6 is 11.6 Å². The zero-order valence-electron chi connectivity index (χ0n) is 23.1. The van der Waals surface area contributed by atoms with Gasteiger partial charge in [0.15, 0.2) is 0 Å². The second kappa shape index (κ2) is 12.4. The van der Waals surface area contributed by atoms with Crippen LogP contribution in [0.15, 0.2) is 60.8 Å². The van der Waals surface area contributed by atoms with Crippen LogP contribution in [0, 0.1) is 5.82 Å². The molecular weight excluding hydrogens is 541 g/mol. The first-order valence-corrected chi connectivity index (χ1v) is 13.6. The number of nitrogens with zero attached hydrogens (tertiary/aromatic N) is 3. The molecule has 0 unspecified atom stereocenters. The molecule has 0 spiro atoms. The van der Waals surface area contributed by atoms with Gasteiger partial charge in [0.05, 0.1) is 17.6 Å². The number of amides is 1. The Morgan fingerprint density at radius 2 is 1.93 bits per heavy atom. The Morgan fingerprint density at radius 1 is 1.12 bits per heavy atom. The van der Waals surface area contributed by atoms with Crippen LogP contribution in [0.4, 0.5) is 27.4 Å². The largest absolute Gasteiger partial charge is 0.374 e. The maximum atomic E-state index is 15.5. The van der Waals surface area contributed by atoms with Gasteiger partial charge in [0.2, 0.25) is 5.95 Å². The van der Waals surface area contributed by atoms with E-state index in [1.165, 1.54) is 6.07 Å². The van der Waals surface area contributed by atoms with E-state index in [9.17, 15) is 4.79 Å². The van der Waals surface area contributed by atoms with E-state index in [2.05, 4.69) is 31.2 Å². The van der Waals surface area contributed by atoms with E-state index in [-0.39, 0.29) is 11.7 Å². The second-order valence-electron chi connectivity index (χ2n) is 9.68. The third-order valence-electron chi connectivity index (χ3n) is 6.88. The molecule has 0 saturated heterocycles. The summed E-state index contributed by atoms with van der Waals surface area (Å²) >= 11 is 6.61. The summed E-state index contributed by atoms with van der Waals surface area (Å²) in [5.74, 6) is -0.0921. The Morgan fingerprint density at radius 3 is 2.68 bits per heavy atom. The molecule has 0 atom stereocenters. The summed E-state index contributed by atoms with van der Waals surface area (Å²) in [6, 6.07) is 15.8. The summed E-state index contributed by atoms with van der Waals surface area (Å²) in [4.78, 5) is 23.1. The highest BCUT2D eigenvalue weighted by molar-refractivity contribution is 6.31. The van der Waals surface area contributed by atoms with Crippen molar-refractivity contribution in [1.29, 1.82) is 0 Å². The van der Waals surface area contributed by atoms with E-state index in [1.54, 1.807) is 49.6 Å². The van der Waals surface area contributed by atoms with Crippen LogP contribution in [0.5, 0.6) is 0 Å². The number of hydrogen-bond acceptors (Lipinski definition) is 7. The van der Waals surface area contributed by atoms with Gasteiger partial charge in [-0.2, -0.15) is 0 Å². The quantitative estimate of drug-likeness (QED) is 0.225. The molecule has 3 aromatic carbocycles. The van der Waals surface area contributed by atoms with Gasteiger partial charge in [-0.3, -0.25) is 4.79 Å². The molecule has 0 radical (unpaired) electrons. The molecule has 0 fully saturated rings. The Hall–Kier alpha value is -4.47. The number of nitrogens with one attached hydrogen (secondary N) is 4. The summed E-state index contributed by atoms with van der Waals surface area (Å²) < 4.78 is 15.5. The van der Waals surface area contributed by atoms with Crippen LogP contribution < -0.4 is 36.6 Å². The second-order valence-corrected chi connectivity index (χ2v) is 10.1. The third-order valence-corrected chi connectivity index (χ3v) is 7.10. The monoisotopic (exact) mass is 571 g/mol. The number of hydrogen-bond donors (Lipinski definition) is 4. The van der Waals surface area contributed by atoms with Crippen LogP contribution in [0.25, 0.3) is 23.4 Å². The molecule has 1 aliphatic rings. The molecule has 0 saturated carbocycles. The van der Waals surface area contributed by atoms with Crippen molar-refractivity contribution in [1.82, 2.24) is 20.6 Å². The summed E-state index contributed by atoms with van der Waals surface area (Å²) in [6.45, 7) is 1.63. The highest BCUT2D eigenvalue weighted by Gasteiger charge is 2.18. The summed E-state index contributed by atoms with van der Waals surface area (Å²) in [5, 5.41) is 14.3. The van der Waals surface area contributed by atoms with Crippen LogP contribution in [0.2, 0.25) is 5.02 Å². The molecule has 8 nitrogen and oxygen atoms in total. The average molecular weight is 572 g/mol. The molecule has 4 N–H and O–H groups in total. The molecule has 10 heteroatoms. The minimum absolute atomic E-state index is 0.158. The van der Waals surface area contributed by atoms with Crippen molar-refractivity contribution in [3.8, 4) is 11.1 Å². The van der Waals surface area contributed by atoms with Gasteiger partial charge in [-0.05, 0) is 85.4 Å². The highest BCUT2D eigenvalue weighted by Crippen LogP contribution is 2.32. The molecular formula is C31H31ClFN7O. The minimum Gasteiger partial charge on any atom is -0.374 e. The highest BCUT2D eigenvalue weighted by atomic mass is 35.5. The van der Waals surface area contributed by atoms with Gasteiger partial charge >= 0.3 is 0 Å². The molecule has 0 aliphatic carbocycles. The number of benzene rings is 3. The van der Waals surface area contributed by atoms with E-state index >= 15 is 4.39 Å². The number of carbonyl (C=O) groups excluding carboxylic acids is 1. The standard InChI is InChI=1S/C31H31ClFN7O/c1-34-12-5-13-40(3)28-7-4-6-25(33)29(28)23-16-21(32)14-20-15-26-27(36-17-24(20)23)18-37-31(39-26)38-22-10-8-19(9-11-22)30(41)35-2/h4,6-11,14-18,34,36H,5,12-13H2,1-3H3,(H,35,41)(H,37,38,39). The summed E-state index contributed by atoms with van der Waals surface area (Å²) in [7, 11) is 5.48. The molecule has 1 aliphatic heterocycles. The van der Waals surface area contributed by atoms with Gasteiger partial charge in [0.1, 0.15) is 5.82 Å². The van der Waals surface area contributed by atoms with E-state index < -0.39 is 0 Å². The predicted molar refractivity (Wildman–Crippen MR) is 165 cm³/mol. The summed E-state index contributed by atoms with van der Waals surface area (Å²) in [5.41, 5.74) is 4.59.